The molecule has 0 saturated carbocycles. The van der Waals surface area contributed by atoms with E-state index in [4.69, 9.17) is 10.5 Å². The molecule has 2 heterocycles. The van der Waals surface area contributed by atoms with Gasteiger partial charge in [0.25, 0.3) is 0 Å². The average Bonchev–Trinajstić information content (AvgIpc) is 2.80. The highest BCUT2D eigenvalue weighted by Gasteiger charge is 2.37. The second kappa shape index (κ2) is 5.99. The van der Waals surface area contributed by atoms with Crippen molar-refractivity contribution in [2.75, 3.05) is 39.4 Å². The van der Waals surface area contributed by atoms with Crippen molar-refractivity contribution in [1.29, 1.82) is 0 Å². The fourth-order valence-corrected chi connectivity index (χ4v) is 2.55. The maximum Gasteiger partial charge on any atom is 0.242 e. The molecule has 104 valence electrons. The average molecular weight is 255 g/mol. The second-order valence-corrected chi connectivity index (χ2v) is 5.74. The van der Waals surface area contributed by atoms with Gasteiger partial charge in [0, 0.05) is 19.7 Å². The first kappa shape index (κ1) is 13.8. The largest absolute Gasteiger partial charge is 0.379 e. The first-order chi connectivity index (χ1) is 8.60. The van der Waals surface area contributed by atoms with Gasteiger partial charge >= 0.3 is 0 Å². The van der Waals surface area contributed by atoms with Crippen LogP contribution in [-0.4, -0.2) is 55.7 Å². The van der Waals surface area contributed by atoms with Gasteiger partial charge in [-0.05, 0) is 38.3 Å². The molecule has 1 atom stereocenters. The van der Waals surface area contributed by atoms with Crippen LogP contribution in [0.2, 0.25) is 0 Å². The predicted molar refractivity (Wildman–Crippen MR) is 70.2 cm³/mol. The Labute approximate surface area is 109 Å². The molecule has 1 amide bonds. The lowest BCUT2D eigenvalue weighted by molar-refractivity contribution is -0.126. The van der Waals surface area contributed by atoms with Gasteiger partial charge in [-0.3, -0.25) is 4.79 Å². The second-order valence-electron chi connectivity index (χ2n) is 5.74. The summed E-state index contributed by atoms with van der Waals surface area (Å²) in [6.45, 7) is 7.15. The van der Waals surface area contributed by atoms with Crippen molar-refractivity contribution in [2.24, 2.45) is 11.7 Å². The van der Waals surface area contributed by atoms with Crippen molar-refractivity contribution in [3.63, 3.8) is 0 Å². The van der Waals surface area contributed by atoms with Crippen molar-refractivity contribution >= 4 is 5.91 Å². The number of nitrogens with zero attached hydrogens (tertiary/aromatic N) is 1. The molecule has 0 spiro atoms. The van der Waals surface area contributed by atoms with Crippen LogP contribution in [0, 0.1) is 5.92 Å². The predicted octanol–water partition coefficient (Wildman–Crippen LogP) is -0.0477. The first-order valence-corrected chi connectivity index (χ1v) is 6.97. The number of amides is 1. The van der Waals surface area contributed by atoms with Gasteiger partial charge < -0.3 is 20.7 Å². The minimum Gasteiger partial charge on any atom is -0.379 e. The zero-order chi connectivity index (χ0) is 13.0. The molecule has 18 heavy (non-hydrogen) atoms. The molecular weight excluding hydrogens is 230 g/mol. The number of carbonyl (C=O) groups is 1. The quantitative estimate of drug-likeness (QED) is 0.739. The SMILES string of the molecule is CC1CCN(CCNC(=O)C2(N)CCOC2)CC1. The molecular formula is C13H25N3O2. The Bertz CT molecular complexity index is 282. The molecule has 2 fully saturated rings. The number of carbonyl (C=O) groups excluding carboxylic acids is 1. The molecule has 2 aliphatic heterocycles. The molecule has 0 aliphatic carbocycles. The Morgan fingerprint density at radius 3 is 2.83 bits per heavy atom. The molecule has 5 nitrogen and oxygen atoms in total. The lowest BCUT2D eigenvalue weighted by atomic mass is 9.99. The third kappa shape index (κ3) is 3.43. The highest BCUT2D eigenvalue weighted by atomic mass is 16.5. The van der Waals surface area contributed by atoms with Crippen LogP contribution in [0.25, 0.3) is 0 Å². The number of rotatable bonds is 4. The van der Waals surface area contributed by atoms with E-state index in [2.05, 4.69) is 17.1 Å². The summed E-state index contributed by atoms with van der Waals surface area (Å²) in [5.74, 6) is 0.782. The Kier molecular flexibility index (Phi) is 4.59. The number of nitrogens with one attached hydrogen (secondary N) is 1. The van der Waals surface area contributed by atoms with Crippen molar-refractivity contribution in [3.05, 3.63) is 0 Å². The normalized spacial score (nSPS) is 30.6. The molecule has 2 aliphatic rings. The fourth-order valence-electron chi connectivity index (χ4n) is 2.55. The minimum absolute atomic E-state index is 0.0645. The summed E-state index contributed by atoms with van der Waals surface area (Å²) in [7, 11) is 0. The standard InChI is InChI=1S/C13H25N3O2/c1-11-2-6-16(7-3-11)8-5-15-12(17)13(14)4-9-18-10-13/h11H,2-10,14H2,1H3,(H,15,17). The van der Waals surface area contributed by atoms with E-state index in [1.165, 1.54) is 12.8 Å². The van der Waals surface area contributed by atoms with Crippen molar-refractivity contribution in [1.82, 2.24) is 10.2 Å². The summed E-state index contributed by atoms with van der Waals surface area (Å²) >= 11 is 0. The van der Waals surface area contributed by atoms with E-state index in [0.717, 1.165) is 25.6 Å². The summed E-state index contributed by atoms with van der Waals surface area (Å²) in [5.41, 5.74) is 5.19. The van der Waals surface area contributed by atoms with E-state index in [9.17, 15) is 4.79 Å². The molecule has 0 aromatic carbocycles. The Morgan fingerprint density at radius 2 is 2.22 bits per heavy atom. The summed E-state index contributed by atoms with van der Waals surface area (Å²) in [6, 6.07) is 0. The van der Waals surface area contributed by atoms with Crippen LogP contribution in [0.1, 0.15) is 26.2 Å². The summed E-state index contributed by atoms with van der Waals surface area (Å²) in [5, 5.41) is 2.94. The highest BCUT2D eigenvalue weighted by Crippen LogP contribution is 2.16. The van der Waals surface area contributed by atoms with Gasteiger partial charge in [-0.25, -0.2) is 0 Å². The maximum atomic E-state index is 11.9. The van der Waals surface area contributed by atoms with Crippen LogP contribution in [0.15, 0.2) is 0 Å². The summed E-state index contributed by atoms with van der Waals surface area (Å²) < 4.78 is 5.19. The van der Waals surface area contributed by atoms with Gasteiger partial charge in [-0.1, -0.05) is 6.92 Å². The fraction of sp³-hybridized carbons (Fsp3) is 0.923. The molecule has 1 unspecified atom stereocenters. The van der Waals surface area contributed by atoms with Crippen LogP contribution in [0.5, 0.6) is 0 Å². The van der Waals surface area contributed by atoms with Gasteiger partial charge in [0.15, 0.2) is 0 Å². The van der Waals surface area contributed by atoms with Crippen molar-refractivity contribution < 1.29 is 9.53 Å². The number of ether oxygens (including phenoxy) is 1. The smallest absolute Gasteiger partial charge is 0.242 e. The van der Waals surface area contributed by atoms with E-state index in [-0.39, 0.29) is 5.91 Å². The third-order valence-electron chi connectivity index (χ3n) is 4.09. The maximum absolute atomic E-state index is 11.9. The number of hydrogen-bond acceptors (Lipinski definition) is 4. The van der Waals surface area contributed by atoms with Gasteiger partial charge in [0.05, 0.1) is 6.61 Å². The van der Waals surface area contributed by atoms with Gasteiger partial charge in [0.2, 0.25) is 5.91 Å². The molecule has 0 aromatic heterocycles. The molecule has 5 heteroatoms. The third-order valence-corrected chi connectivity index (χ3v) is 4.09. The van der Waals surface area contributed by atoms with Gasteiger partial charge in [-0.2, -0.15) is 0 Å². The minimum atomic E-state index is -0.795. The Morgan fingerprint density at radius 1 is 1.50 bits per heavy atom. The molecule has 0 aromatic rings. The molecule has 3 N–H and O–H groups in total. The number of hydrogen-bond donors (Lipinski definition) is 2. The monoisotopic (exact) mass is 255 g/mol. The van der Waals surface area contributed by atoms with E-state index in [1.54, 1.807) is 0 Å². The van der Waals surface area contributed by atoms with E-state index < -0.39 is 5.54 Å². The topological polar surface area (TPSA) is 67.6 Å². The van der Waals surface area contributed by atoms with Crippen LogP contribution < -0.4 is 11.1 Å². The zero-order valence-corrected chi connectivity index (χ0v) is 11.3. The first-order valence-electron chi connectivity index (χ1n) is 6.97. The number of piperidine rings is 1. The van der Waals surface area contributed by atoms with Crippen LogP contribution in [0.3, 0.4) is 0 Å². The molecule has 0 bridgehead atoms. The van der Waals surface area contributed by atoms with Gasteiger partial charge in [0.1, 0.15) is 5.54 Å². The van der Waals surface area contributed by atoms with E-state index in [0.29, 0.717) is 26.2 Å². The van der Waals surface area contributed by atoms with Crippen molar-refractivity contribution in [2.45, 2.75) is 31.7 Å². The summed E-state index contributed by atoms with van der Waals surface area (Å²) in [4.78, 5) is 14.3. The molecule has 0 radical (unpaired) electrons. The highest BCUT2D eigenvalue weighted by molar-refractivity contribution is 5.86. The lowest BCUT2D eigenvalue weighted by Crippen LogP contribution is -2.55. The zero-order valence-electron chi connectivity index (χ0n) is 11.3. The number of likely N-dealkylation sites (tertiary alicyclic amines) is 1. The van der Waals surface area contributed by atoms with E-state index >= 15 is 0 Å². The number of nitrogens with two attached hydrogens (primary N) is 1. The van der Waals surface area contributed by atoms with E-state index in [1.807, 2.05) is 0 Å². The van der Waals surface area contributed by atoms with Crippen molar-refractivity contribution in [3.8, 4) is 0 Å². The van der Waals surface area contributed by atoms with Crippen LogP contribution in [0.4, 0.5) is 0 Å². The molecule has 2 rings (SSSR count). The summed E-state index contributed by atoms with van der Waals surface area (Å²) in [6.07, 6.45) is 3.16. The Hall–Kier alpha value is -0.650. The molecule has 2 saturated heterocycles. The van der Waals surface area contributed by atoms with Gasteiger partial charge in [-0.15, -0.1) is 0 Å². The lowest BCUT2D eigenvalue weighted by Gasteiger charge is -2.30. The van der Waals surface area contributed by atoms with Crippen LogP contribution in [-0.2, 0) is 9.53 Å². The van der Waals surface area contributed by atoms with Crippen LogP contribution >= 0.6 is 0 Å². The Balaban J connectivity index is 1.64.